The molecule has 1 aliphatic heterocycles. The van der Waals surface area contributed by atoms with Gasteiger partial charge in [-0.3, -0.25) is 5.01 Å². The van der Waals surface area contributed by atoms with Gasteiger partial charge in [0.25, 0.3) is 0 Å². The van der Waals surface area contributed by atoms with Crippen LogP contribution in [-0.4, -0.2) is 28.2 Å². The van der Waals surface area contributed by atoms with Gasteiger partial charge in [-0.2, -0.15) is 5.10 Å². The summed E-state index contributed by atoms with van der Waals surface area (Å²) in [5.74, 6) is 0.996. The Morgan fingerprint density at radius 3 is 3.00 bits per heavy atom. The summed E-state index contributed by atoms with van der Waals surface area (Å²) in [6, 6.07) is 8.34. The second-order valence-corrected chi connectivity index (χ2v) is 3.76. The molecule has 2 aromatic rings. The number of rotatable bonds is 1. The molecule has 0 radical (unpaired) electrons. The topological polar surface area (TPSA) is 44.3 Å². The van der Waals surface area contributed by atoms with Crippen molar-refractivity contribution in [3.63, 3.8) is 0 Å². The number of benzene rings is 1. The maximum absolute atomic E-state index is 4.57. The van der Waals surface area contributed by atoms with Gasteiger partial charge in [0.15, 0.2) is 0 Å². The smallest absolute Gasteiger partial charge is 0.132 e. The lowest BCUT2D eigenvalue weighted by Crippen LogP contribution is -2.15. The van der Waals surface area contributed by atoms with Gasteiger partial charge in [0.05, 0.1) is 11.0 Å². The number of nitrogens with one attached hydrogen (secondary N) is 1. The molecule has 4 heteroatoms. The Morgan fingerprint density at radius 1 is 1.40 bits per heavy atom. The van der Waals surface area contributed by atoms with E-state index in [4.69, 9.17) is 0 Å². The molecule has 1 aromatic carbocycles. The molecule has 0 saturated carbocycles. The summed E-state index contributed by atoms with van der Waals surface area (Å²) in [6.07, 6.45) is 2.86. The van der Waals surface area contributed by atoms with E-state index in [0.29, 0.717) is 0 Å². The number of para-hydroxylation sites is 2. The Kier molecular flexibility index (Phi) is 1.74. The zero-order valence-electron chi connectivity index (χ0n) is 8.51. The normalized spacial score (nSPS) is 20.3. The summed E-state index contributed by atoms with van der Waals surface area (Å²) in [4.78, 5) is 7.90. The highest BCUT2D eigenvalue weighted by Gasteiger charge is 2.22. The minimum atomic E-state index is 0.261. The molecule has 76 valence electrons. The molecule has 3 rings (SSSR count). The summed E-state index contributed by atoms with van der Waals surface area (Å²) in [5, 5.41) is 6.15. The Labute approximate surface area is 87.6 Å². The van der Waals surface area contributed by atoms with E-state index in [0.717, 1.165) is 23.3 Å². The van der Waals surface area contributed by atoms with Crippen LogP contribution in [0.4, 0.5) is 0 Å². The van der Waals surface area contributed by atoms with Crippen LogP contribution in [-0.2, 0) is 0 Å². The van der Waals surface area contributed by atoms with E-state index in [9.17, 15) is 0 Å². The van der Waals surface area contributed by atoms with Crippen LogP contribution in [0.5, 0.6) is 0 Å². The largest absolute Gasteiger partial charge is 0.340 e. The molecule has 1 aliphatic rings. The second kappa shape index (κ2) is 3.08. The van der Waals surface area contributed by atoms with E-state index >= 15 is 0 Å². The molecule has 1 aromatic heterocycles. The minimum absolute atomic E-state index is 0.261. The van der Waals surface area contributed by atoms with Gasteiger partial charge in [-0.15, -0.1) is 0 Å². The van der Waals surface area contributed by atoms with Gasteiger partial charge >= 0.3 is 0 Å². The molecule has 4 nitrogen and oxygen atoms in total. The van der Waals surface area contributed by atoms with Crippen LogP contribution in [0.2, 0.25) is 0 Å². The lowest BCUT2D eigenvalue weighted by atomic mass is 10.2. The lowest BCUT2D eigenvalue weighted by molar-refractivity contribution is 0.280. The minimum Gasteiger partial charge on any atom is -0.340 e. The van der Waals surface area contributed by atoms with Gasteiger partial charge in [0.1, 0.15) is 11.9 Å². The van der Waals surface area contributed by atoms with Crippen molar-refractivity contribution in [2.24, 2.45) is 5.10 Å². The number of hydrazone groups is 1. The third kappa shape index (κ3) is 1.29. The first-order valence-corrected chi connectivity index (χ1v) is 5.04. The highest BCUT2D eigenvalue weighted by atomic mass is 15.5. The number of hydrogen-bond donors (Lipinski definition) is 1. The Hall–Kier alpha value is -1.84. The quantitative estimate of drug-likeness (QED) is 0.764. The molecule has 0 bridgehead atoms. The van der Waals surface area contributed by atoms with Crippen molar-refractivity contribution in [2.45, 2.75) is 12.5 Å². The van der Waals surface area contributed by atoms with Gasteiger partial charge in [0, 0.05) is 19.7 Å². The number of hydrogen-bond acceptors (Lipinski definition) is 3. The third-order valence-corrected chi connectivity index (χ3v) is 2.77. The standard InChI is InChI=1S/C11H12N4/c1-15-10(6-7-12-15)11-13-8-4-2-3-5-9(8)14-11/h2-5,7,10H,6H2,1H3,(H,13,14). The van der Waals surface area contributed by atoms with Crippen molar-refractivity contribution in [2.75, 3.05) is 7.05 Å². The molecule has 1 unspecified atom stereocenters. The van der Waals surface area contributed by atoms with Crippen LogP contribution in [0.15, 0.2) is 29.4 Å². The second-order valence-electron chi connectivity index (χ2n) is 3.76. The highest BCUT2D eigenvalue weighted by Crippen LogP contribution is 2.25. The molecule has 1 atom stereocenters. The monoisotopic (exact) mass is 200 g/mol. The summed E-state index contributed by atoms with van der Waals surface area (Å²) in [5.41, 5.74) is 2.11. The number of aromatic nitrogens is 2. The summed E-state index contributed by atoms with van der Waals surface area (Å²) in [7, 11) is 1.97. The predicted octanol–water partition coefficient (Wildman–Crippen LogP) is 1.93. The van der Waals surface area contributed by atoms with E-state index in [2.05, 4.69) is 15.1 Å². The summed E-state index contributed by atoms with van der Waals surface area (Å²) in [6.45, 7) is 0. The number of nitrogens with zero attached hydrogens (tertiary/aromatic N) is 3. The fraction of sp³-hybridized carbons (Fsp3) is 0.273. The highest BCUT2D eigenvalue weighted by molar-refractivity contribution is 5.75. The summed E-state index contributed by atoms with van der Waals surface area (Å²) < 4.78 is 0. The number of H-pyrrole nitrogens is 1. The average molecular weight is 200 g/mol. The average Bonchev–Trinajstić information content (AvgIpc) is 2.82. The van der Waals surface area contributed by atoms with Crippen molar-refractivity contribution in [3.8, 4) is 0 Å². The van der Waals surface area contributed by atoms with Crippen LogP contribution in [0.1, 0.15) is 18.3 Å². The molecule has 2 heterocycles. The van der Waals surface area contributed by atoms with E-state index in [1.165, 1.54) is 0 Å². The van der Waals surface area contributed by atoms with Crippen LogP contribution >= 0.6 is 0 Å². The lowest BCUT2D eigenvalue weighted by Gasteiger charge is -2.15. The Bertz CT molecular complexity index is 481. The Morgan fingerprint density at radius 2 is 2.27 bits per heavy atom. The van der Waals surface area contributed by atoms with E-state index < -0.39 is 0 Å². The molecule has 0 fully saturated rings. The van der Waals surface area contributed by atoms with Gasteiger partial charge in [-0.25, -0.2) is 4.98 Å². The molecule has 0 saturated heterocycles. The van der Waals surface area contributed by atoms with Gasteiger partial charge < -0.3 is 4.98 Å². The van der Waals surface area contributed by atoms with Crippen molar-refractivity contribution >= 4 is 17.2 Å². The van der Waals surface area contributed by atoms with Crippen molar-refractivity contribution in [1.82, 2.24) is 15.0 Å². The van der Waals surface area contributed by atoms with Gasteiger partial charge in [-0.1, -0.05) is 12.1 Å². The van der Waals surface area contributed by atoms with Crippen molar-refractivity contribution < 1.29 is 0 Å². The van der Waals surface area contributed by atoms with E-state index in [-0.39, 0.29) is 6.04 Å². The Balaban J connectivity index is 2.05. The molecule has 0 amide bonds. The molecular formula is C11H12N4. The van der Waals surface area contributed by atoms with E-state index in [1.807, 2.05) is 42.5 Å². The molecular weight excluding hydrogens is 188 g/mol. The maximum Gasteiger partial charge on any atom is 0.132 e. The molecule has 1 N–H and O–H groups in total. The number of imidazole rings is 1. The van der Waals surface area contributed by atoms with Crippen molar-refractivity contribution in [3.05, 3.63) is 30.1 Å². The zero-order chi connectivity index (χ0) is 10.3. The molecule has 0 spiro atoms. The van der Waals surface area contributed by atoms with Crippen LogP contribution < -0.4 is 0 Å². The fourth-order valence-electron chi connectivity index (χ4n) is 1.93. The number of fused-ring (bicyclic) bond motifs is 1. The predicted molar refractivity (Wildman–Crippen MR) is 59.7 cm³/mol. The molecule has 15 heavy (non-hydrogen) atoms. The number of aromatic amines is 1. The third-order valence-electron chi connectivity index (χ3n) is 2.77. The molecule has 0 aliphatic carbocycles. The first kappa shape index (κ1) is 8.47. The van der Waals surface area contributed by atoms with Gasteiger partial charge in [0.2, 0.25) is 0 Å². The fourth-order valence-corrected chi connectivity index (χ4v) is 1.93. The van der Waals surface area contributed by atoms with Crippen LogP contribution in [0, 0.1) is 0 Å². The summed E-state index contributed by atoms with van der Waals surface area (Å²) >= 11 is 0. The van der Waals surface area contributed by atoms with Crippen LogP contribution in [0.25, 0.3) is 11.0 Å². The SMILES string of the molecule is CN1N=CCC1c1nc2ccccc2[nH]1. The van der Waals surface area contributed by atoms with Crippen LogP contribution in [0.3, 0.4) is 0 Å². The maximum atomic E-state index is 4.57. The first-order chi connectivity index (χ1) is 7.34. The van der Waals surface area contributed by atoms with E-state index in [1.54, 1.807) is 0 Å². The van der Waals surface area contributed by atoms with Gasteiger partial charge in [-0.05, 0) is 12.1 Å². The first-order valence-electron chi connectivity index (χ1n) is 5.04. The van der Waals surface area contributed by atoms with Crippen molar-refractivity contribution in [1.29, 1.82) is 0 Å². The zero-order valence-corrected chi connectivity index (χ0v) is 8.51.